The van der Waals surface area contributed by atoms with Gasteiger partial charge >= 0.3 is 17.9 Å². The van der Waals surface area contributed by atoms with Crippen molar-refractivity contribution >= 4 is 17.9 Å². The standard InChI is InChI=1S/C27H32O8/c1-17-8-10-26-15-32-24(30)13-18(2)9-11-31-22(28)6-4-5-7-23(29)35-19-14-21(34-20(26)12-17)27(16-33-27)25(19,26)3/h4-7,12-13,19-21H,8-11,14-16H2,1-3H3/b6-4?,7-5-,18-13?/t19-,20-,21-,25-,26-,27+/m1/s1. The van der Waals surface area contributed by atoms with E-state index in [9.17, 15) is 14.4 Å². The number of carbonyl (C=O) groups is 3. The minimum atomic E-state index is -0.613. The van der Waals surface area contributed by atoms with Gasteiger partial charge < -0.3 is 23.7 Å². The molecule has 0 aromatic rings. The number of hydrogen-bond acceptors (Lipinski definition) is 8. The zero-order valence-corrected chi connectivity index (χ0v) is 20.4. The summed E-state index contributed by atoms with van der Waals surface area (Å²) in [5.41, 5.74) is 0.194. The summed E-state index contributed by atoms with van der Waals surface area (Å²) in [5.74, 6) is -1.50. The number of epoxide rings is 1. The molecule has 3 fully saturated rings. The summed E-state index contributed by atoms with van der Waals surface area (Å²) in [6, 6.07) is 0. The van der Waals surface area contributed by atoms with Crippen molar-refractivity contribution in [1.82, 2.24) is 0 Å². The summed E-state index contributed by atoms with van der Waals surface area (Å²) >= 11 is 0. The van der Waals surface area contributed by atoms with Crippen molar-refractivity contribution in [3.05, 3.63) is 47.6 Å². The summed E-state index contributed by atoms with van der Waals surface area (Å²) in [5, 5.41) is 0. The Morgan fingerprint density at radius 3 is 2.37 bits per heavy atom. The highest BCUT2D eigenvalue weighted by molar-refractivity contribution is 5.85. The number of cyclic esters (lactones) is 2. The van der Waals surface area contributed by atoms with Crippen LogP contribution in [0.25, 0.3) is 0 Å². The predicted molar refractivity (Wildman–Crippen MR) is 124 cm³/mol. The maximum atomic E-state index is 12.8. The third-order valence-corrected chi connectivity index (χ3v) is 8.63. The lowest BCUT2D eigenvalue weighted by molar-refractivity contribution is -0.232. The van der Waals surface area contributed by atoms with Crippen molar-refractivity contribution < 1.29 is 38.1 Å². The van der Waals surface area contributed by atoms with Gasteiger partial charge in [0.2, 0.25) is 0 Å². The number of allylic oxidation sites excluding steroid dienone is 3. The highest BCUT2D eigenvalue weighted by Gasteiger charge is 2.83. The second-order valence-corrected chi connectivity index (χ2v) is 10.5. The summed E-state index contributed by atoms with van der Waals surface area (Å²) < 4.78 is 29.7. The first kappa shape index (κ1) is 24.0. The van der Waals surface area contributed by atoms with Gasteiger partial charge in [0.25, 0.3) is 0 Å². The molecular weight excluding hydrogens is 452 g/mol. The van der Waals surface area contributed by atoms with Crippen LogP contribution in [-0.4, -0.2) is 61.6 Å². The summed E-state index contributed by atoms with van der Waals surface area (Å²) in [7, 11) is 0. The third kappa shape index (κ3) is 3.87. The Bertz CT molecular complexity index is 1050. The van der Waals surface area contributed by atoms with Crippen molar-refractivity contribution in [3.8, 4) is 0 Å². The van der Waals surface area contributed by atoms with Gasteiger partial charge in [-0.2, -0.15) is 0 Å². The van der Waals surface area contributed by atoms with Gasteiger partial charge in [0.1, 0.15) is 18.3 Å². The summed E-state index contributed by atoms with van der Waals surface area (Å²) in [6.07, 6.45) is 10.5. The van der Waals surface area contributed by atoms with Crippen molar-refractivity contribution in [3.63, 3.8) is 0 Å². The molecule has 0 amide bonds. The molecule has 5 aliphatic rings. The van der Waals surface area contributed by atoms with E-state index in [1.54, 1.807) is 6.92 Å². The Hall–Kier alpha value is -2.71. The minimum Gasteiger partial charge on any atom is -0.462 e. The molecule has 188 valence electrons. The van der Waals surface area contributed by atoms with E-state index in [1.807, 2.05) is 0 Å². The molecule has 2 spiro atoms. The second kappa shape index (κ2) is 8.75. The fraction of sp³-hybridized carbons (Fsp3) is 0.593. The van der Waals surface area contributed by atoms with Crippen LogP contribution in [0.4, 0.5) is 0 Å². The van der Waals surface area contributed by atoms with Crippen LogP contribution >= 0.6 is 0 Å². The van der Waals surface area contributed by atoms with Crippen molar-refractivity contribution in [1.29, 1.82) is 0 Å². The van der Waals surface area contributed by atoms with Gasteiger partial charge in [-0.05, 0) is 26.7 Å². The van der Waals surface area contributed by atoms with Gasteiger partial charge in [-0.1, -0.05) is 36.3 Å². The maximum absolute atomic E-state index is 12.8. The topological polar surface area (TPSA) is 101 Å². The minimum absolute atomic E-state index is 0.125. The zero-order chi connectivity index (χ0) is 24.8. The van der Waals surface area contributed by atoms with Gasteiger partial charge in [-0.15, -0.1) is 0 Å². The van der Waals surface area contributed by atoms with Crippen LogP contribution in [0.1, 0.15) is 46.5 Å². The highest BCUT2D eigenvalue weighted by Crippen LogP contribution is 2.72. The molecule has 2 bridgehead atoms. The van der Waals surface area contributed by atoms with Gasteiger partial charge in [0, 0.05) is 36.5 Å². The van der Waals surface area contributed by atoms with Gasteiger partial charge in [-0.3, -0.25) is 0 Å². The fourth-order valence-corrected chi connectivity index (χ4v) is 6.46. The number of esters is 3. The van der Waals surface area contributed by atoms with E-state index in [2.05, 4.69) is 19.9 Å². The Kier molecular flexibility index (Phi) is 6.00. The van der Waals surface area contributed by atoms with Crippen molar-refractivity contribution in [2.24, 2.45) is 10.8 Å². The molecule has 1 saturated carbocycles. The Morgan fingerprint density at radius 2 is 1.63 bits per heavy atom. The number of carbonyl (C=O) groups excluding carboxylic acids is 3. The molecule has 0 aromatic heterocycles. The molecule has 8 nitrogen and oxygen atoms in total. The second-order valence-electron chi connectivity index (χ2n) is 10.5. The summed E-state index contributed by atoms with van der Waals surface area (Å²) in [6.45, 7) is 6.77. The Labute approximate surface area is 204 Å². The lowest BCUT2D eigenvalue weighted by Crippen LogP contribution is -2.66. The molecule has 5 rings (SSSR count). The van der Waals surface area contributed by atoms with Crippen LogP contribution in [0, 0.1) is 10.8 Å². The first-order valence-corrected chi connectivity index (χ1v) is 12.2. The number of rotatable bonds is 0. The van der Waals surface area contributed by atoms with Crippen molar-refractivity contribution in [2.75, 3.05) is 19.8 Å². The molecule has 35 heavy (non-hydrogen) atoms. The highest BCUT2D eigenvalue weighted by atomic mass is 16.6. The predicted octanol–water partition coefficient (Wildman–Crippen LogP) is 3.12. The molecule has 0 unspecified atom stereocenters. The molecule has 3 aliphatic heterocycles. The third-order valence-electron chi connectivity index (χ3n) is 8.63. The molecule has 0 N–H and O–H groups in total. The first-order valence-electron chi connectivity index (χ1n) is 12.2. The molecular formula is C27H32O8. The van der Waals surface area contributed by atoms with Crippen LogP contribution < -0.4 is 0 Å². The average molecular weight is 485 g/mol. The quantitative estimate of drug-likeness (QED) is 0.224. The van der Waals surface area contributed by atoms with Gasteiger partial charge in [0.15, 0.2) is 0 Å². The van der Waals surface area contributed by atoms with E-state index in [0.717, 1.165) is 18.4 Å². The molecule has 2 saturated heterocycles. The van der Waals surface area contributed by atoms with Crippen LogP contribution in [0.3, 0.4) is 0 Å². The fourth-order valence-electron chi connectivity index (χ4n) is 6.46. The Morgan fingerprint density at radius 1 is 0.886 bits per heavy atom. The smallest absolute Gasteiger partial charge is 0.331 e. The zero-order valence-electron chi connectivity index (χ0n) is 20.4. The largest absolute Gasteiger partial charge is 0.462 e. The van der Waals surface area contributed by atoms with E-state index < -0.39 is 40.4 Å². The molecule has 6 atom stereocenters. The maximum Gasteiger partial charge on any atom is 0.331 e. The van der Waals surface area contributed by atoms with E-state index in [0.29, 0.717) is 19.4 Å². The number of ether oxygens (including phenoxy) is 5. The SMILES string of the molecule is CC1=CC(=O)OC[C@]23CCC(C)=C[C@H]2O[C@@H]2C[C@@H](OC(=O)/C=C\C=CC(=O)OCC1)[C@@]3(C)[C@]21CO1. The molecule has 8 heteroatoms. The van der Waals surface area contributed by atoms with E-state index in [4.69, 9.17) is 23.7 Å². The average Bonchev–Trinajstić information content (AvgIpc) is 3.58. The molecule has 3 heterocycles. The number of hydrogen-bond donors (Lipinski definition) is 0. The lowest BCUT2D eigenvalue weighted by atomic mass is 9.51. The van der Waals surface area contributed by atoms with E-state index in [1.165, 1.54) is 36.0 Å². The lowest BCUT2D eigenvalue weighted by Gasteiger charge is -2.58. The van der Waals surface area contributed by atoms with E-state index >= 15 is 0 Å². The summed E-state index contributed by atoms with van der Waals surface area (Å²) in [4.78, 5) is 37.4. The monoisotopic (exact) mass is 484 g/mol. The van der Waals surface area contributed by atoms with Crippen LogP contribution in [0.15, 0.2) is 47.6 Å². The van der Waals surface area contributed by atoms with E-state index in [-0.39, 0.29) is 25.4 Å². The Balaban J connectivity index is 1.53. The van der Waals surface area contributed by atoms with Gasteiger partial charge in [0.05, 0.1) is 30.8 Å². The van der Waals surface area contributed by atoms with Gasteiger partial charge in [-0.25, -0.2) is 14.4 Å². The molecule has 0 aromatic carbocycles. The van der Waals surface area contributed by atoms with Crippen molar-refractivity contribution in [2.45, 2.75) is 70.4 Å². The van der Waals surface area contributed by atoms with Crippen LogP contribution in [0.2, 0.25) is 0 Å². The van der Waals surface area contributed by atoms with Crippen LogP contribution in [0.5, 0.6) is 0 Å². The normalized spacial score (nSPS) is 42.5. The van der Waals surface area contributed by atoms with Crippen LogP contribution in [-0.2, 0) is 38.1 Å². The molecule has 0 radical (unpaired) electrons. The first-order chi connectivity index (χ1) is 16.7. The molecule has 2 aliphatic carbocycles.